The molecule has 0 N–H and O–H groups in total. The Labute approximate surface area is 168 Å². The van der Waals surface area contributed by atoms with Crippen molar-refractivity contribution < 1.29 is 4.42 Å². The summed E-state index contributed by atoms with van der Waals surface area (Å²) in [7, 11) is 0. The second-order valence-electron chi connectivity index (χ2n) is 10.3. The van der Waals surface area contributed by atoms with Gasteiger partial charge in [0.1, 0.15) is 0 Å². The lowest BCUT2D eigenvalue weighted by molar-refractivity contribution is 0.117. The molecule has 3 nitrogen and oxygen atoms in total. The van der Waals surface area contributed by atoms with Gasteiger partial charge >= 0.3 is 0 Å². The second-order valence-corrected chi connectivity index (χ2v) is 10.3. The molecule has 0 bridgehead atoms. The van der Waals surface area contributed by atoms with Gasteiger partial charge in [0.25, 0.3) is 0 Å². The van der Waals surface area contributed by atoms with Crippen LogP contribution >= 0.6 is 0 Å². The van der Waals surface area contributed by atoms with Gasteiger partial charge in [-0.05, 0) is 77.0 Å². The Morgan fingerprint density at radius 2 is 1.71 bits per heavy atom. The molecule has 148 valence electrons. The monoisotopic (exact) mass is 376 g/mol. The Hall–Kier alpha value is -2.03. The Kier molecular flexibility index (Phi) is 3.70. The maximum absolute atomic E-state index is 6.39. The molecule has 3 aromatic rings. The van der Waals surface area contributed by atoms with Gasteiger partial charge < -0.3 is 9.32 Å². The van der Waals surface area contributed by atoms with Crippen molar-refractivity contribution in [2.24, 2.45) is 5.41 Å². The number of anilines is 1. The van der Waals surface area contributed by atoms with Crippen LogP contribution in [0.5, 0.6) is 0 Å². The van der Waals surface area contributed by atoms with Gasteiger partial charge in [-0.15, -0.1) is 0 Å². The van der Waals surface area contributed by atoms with E-state index in [1.807, 2.05) is 12.3 Å². The van der Waals surface area contributed by atoms with Gasteiger partial charge in [0.2, 0.25) is 5.71 Å². The van der Waals surface area contributed by atoms with Crippen LogP contribution in [-0.4, -0.2) is 16.1 Å². The van der Waals surface area contributed by atoms with Crippen LogP contribution in [0, 0.1) is 12.3 Å². The number of hydrogen-bond acceptors (Lipinski definition) is 3. The third-order valence-corrected chi connectivity index (χ3v) is 7.86. The Balaban J connectivity index is 1.78. The van der Waals surface area contributed by atoms with Crippen LogP contribution in [0.15, 0.2) is 34.9 Å². The van der Waals surface area contributed by atoms with E-state index in [-0.39, 0.29) is 11.1 Å². The molecule has 3 heterocycles. The topological polar surface area (TPSA) is 29.3 Å². The number of furan rings is 1. The summed E-state index contributed by atoms with van der Waals surface area (Å²) >= 11 is 0. The molecule has 28 heavy (non-hydrogen) atoms. The standard InChI is InChI=1S/C25H32N2O/c1-17-11-12-18-19-10-9-15-26-22(19)28-21(18)20(17)27-23(2,3)16-25(24(27,4)5)13-7-6-8-14-25/h9-12,15H,6-8,13-14,16H2,1-5H3. The van der Waals surface area contributed by atoms with E-state index in [0.29, 0.717) is 5.41 Å². The average molecular weight is 377 g/mol. The Bertz CT molecular complexity index is 1050. The second kappa shape index (κ2) is 5.75. The molecule has 1 aromatic carbocycles. The van der Waals surface area contributed by atoms with Gasteiger partial charge in [0.15, 0.2) is 5.58 Å². The van der Waals surface area contributed by atoms with E-state index < -0.39 is 0 Å². The van der Waals surface area contributed by atoms with Crippen molar-refractivity contribution in [2.75, 3.05) is 4.90 Å². The van der Waals surface area contributed by atoms with Gasteiger partial charge in [0, 0.05) is 28.0 Å². The third kappa shape index (κ3) is 2.25. The predicted molar refractivity (Wildman–Crippen MR) is 117 cm³/mol. The highest BCUT2D eigenvalue weighted by Crippen LogP contribution is 2.62. The minimum Gasteiger partial charge on any atom is -0.436 e. The van der Waals surface area contributed by atoms with E-state index in [9.17, 15) is 0 Å². The van der Waals surface area contributed by atoms with Gasteiger partial charge in [-0.1, -0.05) is 31.4 Å². The smallest absolute Gasteiger partial charge is 0.227 e. The zero-order valence-electron chi connectivity index (χ0n) is 17.9. The largest absolute Gasteiger partial charge is 0.436 e. The van der Waals surface area contributed by atoms with Crippen molar-refractivity contribution >= 4 is 27.8 Å². The number of aryl methyl sites for hydroxylation is 1. The fraction of sp³-hybridized carbons (Fsp3) is 0.560. The number of fused-ring (bicyclic) bond motifs is 3. The lowest BCUT2D eigenvalue weighted by atomic mass is 9.62. The average Bonchev–Trinajstić information content (AvgIpc) is 3.08. The zero-order valence-corrected chi connectivity index (χ0v) is 17.9. The Morgan fingerprint density at radius 1 is 0.964 bits per heavy atom. The van der Waals surface area contributed by atoms with Crippen LogP contribution < -0.4 is 4.90 Å². The SMILES string of the molecule is Cc1ccc2c(oc3ncccc32)c1N1C(C)(C)CC2(CCCCC2)C1(C)C. The van der Waals surface area contributed by atoms with Crippen LogP contribution in [0.25, 0.3) is 22.1 Å². The molecule has 0 atom stereocenters. The quantitative estimate of drug-likeness (QED) is 0.457. The summed E-state index contributed by atoms with van der Waals surface area (Å²) in [5, 5.41) is 2.29. The molecule has 2 fully saturated rings. The normalized spacial score (nSPS) is 23.1. The van der Waals surface area contributed by atoms with Crippen LogP contribution in [-0.2, 0) is 0 Å². The molecule has 2 aliphatic rings. The highest BCUT2D eigenvalue weighted by Gasteiger charge is 2.60. The van der Waals surface area contributed by atoms with E-state index in [1.54, 1.807) is 0 Å². The third-order valence-electron chi connectivity index (χ3n) is 7.86. The lowest BCUT2D eigenvalue weighted by Crippen LogP contribution is -2.53. The molecule has 5 rings (SSSR count). The number of benzene rings is 1. The van der Waals surface area contributed by atoms with E-state index in [0.717, 1.165) is 16.7 Å². The van der Waals surface area contributed by atoms with Crippen molar-refractivity contribution in [3.63, 3.8) is 0 Å². The molecule has 1 aliphatic carbocycles. The summed E-state index contributed by atoms with van der Waals surface area (Å²) in [6.07, 6.45) is 9.88. The fourth-order valence-corrected chi connectivity index (χ4v) is 6.75. The maximum atomic E-state index is 6.39. The molecule has 3 heteroatoms. The van der Waals surface area contributed by atoms with Crippen LogP contribution in [0.2, 0.25) is 0 Å². The highest BCUT2D eigenvalue weighted by molar-refractivity contribution is 6.08. The summed E-state index contributed by atoms with van der Waals surface area (Å²) in [6.45, 7) is 12.0. The number of aromatic nitrogens is 1. The van der Waals surface area contributed by atoms with Gasteiger partial charge in [-0.2, -0.15) is 0 Å². The van der Waals surface area contributed by atoms with E-state index in [2.05, 4.69) is 62.7 Å². The van der Waals surface area contributed by atoms with Crippen LogP contribution in [0.4, 0.5) is 5.69 Å². The number of pyridine rings is 1. The van der Waals surface area contributed by atoms with Crippen molar-refractivity contribution in [1.82, 2.24) is 4.98 Å². The maximum Gasteiger partial charge on any atom is 0.227 e. The minimum atomic E-state index is 0.0857. The highest BCUT2D eigenvalue weighted by atomic mass is 16.3. The molecule has 1 aliphatic heterocycles. The van der Waals surface area contributed by atoms with E-state index in [1.165, 1.54) is 55.2 Å². The van der Waals surface area contributed by atoms with Gasteiger partial charge in [-0.25, -0.2) is 4.98 Å². The lowest BCUT2D eigenvalue weighted by Gasteiger charge is -2.49. The molecular weight excluding hydrogens is 344 g/mol. The van der Waals surface area contributed by atoms with Gasteiger partial charge in [0.05, 0.1) is 5.69 Å². The first-order valence-corrected chi connectivity index (χ1v) is 10.8. The molecule has 1 saturated carbocycles. The van der Waals surface area contributed by atoms with E-state index >= 15 is 0 Å². The van der Waals surface area contributed by atoms with Gasteiger partial charge in [-0.3, -0.25) is 0 Å². The zero-order chi connectivity index (χ0) is 19.7. The number of nitrogens with zero attached hydrogens (tertiary/aromatic N) is 2. The molecule has 2 aromatic heterocycles. The summed E-state index contributed by atoms with van der Waals surface area (Å²) in [4.78, 5) is 7.20. The molecule has 0 amide bonds. The van der Waals surface area contributed by atoms with Crippen LogP contribution in [0.1, 0.15) is 71.8 Å². The fourth-order valence-electron chi connectivity index (χ4n) is 6.75. The summed E-state index contributed by atoms with van der Waals surface area (Å²) in [6, 6.07) is 8.58. The molecule has 0 unspecified atom stereocenters. The first-order valence-electron chi connectivity index (χ1n) is 10.8. The summed E-state index contributed by atoms with van der Waals surface area (Å²) in [5.41, 5.74) is 4.87. The van der Waals surface area contributed by atoms with Crippen molar-refractivity contribution in [1.29, 1.82) is 0 Å². The molecule has 0 radical (unpaired) electrons. The Morgan fingerprint density at radius 3 is 2.46 bits per heavy atom. The van der Waals surface area contributed by atoms with E-state index in [4.69, 9.17) is 4.42 Å². The molecule has 1 spiro atoms. The summed E-state index contributed by atoms with van der Waals surface area (Å²) in [5.74, 6) is 0. The first-order chi connectivity index (χ1) is 13.3. The number of rotatable bonds is 1. The van der Waals surface area contributed by atoms with Crippen molar-refractivity contribution in [3.05, 3.63) is 36.0 Å². The first kappa shape index (κ1) is 18.0. The molecule has 1 saturated heterocycles. The molecular formula is C25H32N2O. The number of hydrogen-bond donors (Lipinski definition) is 0. The van der Waals surface area contributed by atoms with Crippen LogP contribution in [0.3, 0.4) is 0 Å². The van der Waals surface area contributed by atoms with Crippen molar-refractivity contribution in [3.8, 4) is 0 Å². The van der Waals surface area contributed by atoms with Crippen molar-refractivity contribution in [2.45, 2.75) is 84.2 Å². The predicted octanol–water partition coefficient (Wildman–Crippen LogP) is 7.01. The minimum absolute atomic E-state index is 0.0857. The summed E-state index contributed by atoms with van der Waals surface area (Å²) < 4.78 is 6.39.